The SMILES string of the molecule is CC(C)C[C@H](NC(=O)[C@H](C)N)C(=O)N[C@@H](CCC(=O)O)C(=O)N[C@@H](CCC(=O)O)C(=O)N[C@@H](Cc1ccc(O)cc1)C(=O)N[C@H](C(=O)N[C@@H](CCCCN)C(=O)N[C@@H](CCCCN)C(=O)N[C@@H](CC(C)C)C(=O)N[C@@H](CC(N)=O)C(=O)N[C@H](C(=O)O)[C@@H](C)O)[C@@H](C)O. The van der Waals surface area contributed by atoms with Crippen LogP contribution in [0.3, 0.4) is 0 Å². The Morgan fingerprint density at radius 1 is 0.413 bits per heavy atom. The molecule has 92 heavy (non-hydrogen) atoms. The smallest absolute Gasteiger partial charge is 0.328 e. The van der Waals surface area contributed by atoms with Gasteiger partial charge in [0.1, 0.15) is 60.1 Å². The molecule has 518 valence electrons. The third kappa shape index (κ3) is 31.4. The number of aliphatic hydroxyl groups excluding tert-OH is 2. The van der Waals surface area contributed by atoms with E-state index in [9.17, 15) is 97.8 Å². The number of carbonyl (C=O) groups excluding carboxylic acids is 11. The molecule has 34 nitrogen and oxygen atoms in total. The van der Waals surface area contributed by atoms with Crippen molar-refractivity contribution in [2.45, 2.75) is 217 Å². The van der Waals surface area contributed by atoms with E-state index in [1.807, 2.05) is 5.32 Å². The number of phenolic OH excluding ortho intramolecular Hbond substituents is 1. The quantitative estimate of drug-likeness (QED) is 0.0272. The van der Waals surface area contributed by atoms with Gasteiger partial charge >= 0.3 is 17.9 Å². The Morgan fingerprint density at radius 2 is 0.739 bits per heavy atom. The fourth-order valence-corrected chi connectivity index (χ4v) is 8.99. The first-order valence-electron chi connectivity index (χ1n) is 30.3. The van der Waals surface area contributed by atoms with Crippen LogP contribution in [0, 0.1) is 11.8 Å². The number of aromatic hydroxyl groups is 1. The Kier molecular flexibility index (Phi) is 36.9. The molecule has 0 spiro atoms. The van der Waals surface area contributed by atoms with E-state index in [1.54, 1.807) is 27.7 Å². The molecule has 1 aromatic rings. The van der Waals surface area contributed by atoms with E-state index < -0.39 is 200 Å². The van der Waals surface area contributed by atoms with Gasteiger partial charge in [-0.25, -0.2) is 4.79 Å². The second-order valence-electron chi connectivity index (χ2n) is 23.3. The predicted molar refractivity (Wildman–Crippen MR) is 328 cm³/mol. The Labute approximate surface area is 532 Å². The van der Waals surface area contributed by atoms with Gasteiger partial charge in [-0.15, -0.1) is 0 Å². The van der Waals surface area contributed by atoms with E-state index in [4.69, 9.17) is 22.9 Å². The molecule has 11 amide bonds. The lowest BCUT2D eigenvalue weighted by molar-refractivity contribution is -0.145. The molecule has 0 aromatic heterocycles. The molecule has 0 aliphatic carbocycles. The number of carboxylic acids is 3. The van der Waals surface area contributed by atoms with Crippen molar-refractivity contribution in [2.75, 3.05) is 13.1 Å². The molecule has 34 heteroatoms. The molecule has 0 unspecified atom stereocenters. The summed E-state index contributed by atoms with van der Waals surface area (Å²) >= 11 is 0. The summed E-state index contributed by atoms with van der Waals surface area (Å²) in [5, 5.41) is 83.7. The van der Waals surface area contributed by atoms with E-state index in [0.717, 1.165) is 13.8 Å². The van der Waals surface area contributed by atoms with Gasteiger partial charge in [0.25, 0.3) is 0 Å². The zero-order chi connectivity index (χ0) is 70.1. The minimum Gasteiger partial charge on any atom is -0.508 e. The molecular weight excluding hydrogens is 1210 g/mol. The van der Waals surface area contributed by atoms with Crippen LogP contribution in [-0.4, -0.2) is 205 Å². The Hall–Kier alpha value is -8.60. The zero-order valence-corrected chi connectivity index (χ0v) is 53.0. The fourth-order valence-electron chi connectivity index (χ4n) is 8.99. The summed E-state index contributed by atoms with van der Waals surface area (Å²) in [7, 11) is 0. The van der Waals surface area contributed by atoms with Crippen LogP contribution in [-0.2, 0) is 73.5 Å². The van der Waals surface area contributed by atoms with Gasteiger partial charge in [-0.2, -0.15) is 0 Å². The van der Waals surface area contributed by atoms with Crippen LogP contribution >= 0.6 is 0 Å². The van der Waals surface area contributed by atoms with Gasteiger partial charge in [-0.3, -0.25) is 62.3 Å². The first-order chi connectivity index (χ1) is 43.0. The first kappa shape index (κ1) is 81.4. The van der Waals surface area contributed by atoms with Crippen molar-refractivity contribution in [3.05, 3.63) is 29.8 Å². The van der Waals surface area contributed by atoms with Gasteiger partial charge in [0, 0.05) is 19.3 Å². The van der Waals surface area contributed by atoms with Gasteiger partial charge in [0.05, 0.1) is 24.7 Å². The van der Waals surface area contributed by atoms with Gasteiger partial charge in [0.2, 0.25) is 65.0 Å². The number of benzene rings is 1. The predicted octanol–water partition coefficient (Wildman–Crippen LogP) is -5.07. The fraction of sp³-hybridized carbons (Fsp3) is 0.655. The number of carbonyl (C=O) groups is 14. The maximum absolute atomic E-state index is 14.5. The minimum atomic E-state index is -1.94. The summed E-state index contributed by atoms with van der Waals surface area (Å²) < 4.78 is 0. The number of carboxylic acid groups (broad SMARTS) is 3. The second-order valence-corrected chi connectivity index (χ2v) is 23.3. The molecule has 1 rings (SSSR count). The number of rotatable bonds is 45. The number of hydrogen-bond donors (Lipinski definition) is 20. The number of amides is 11. The number of phenols is 1. The van der Waals surface area contributed by atoms with Crippen molar-refractivity contribution < 1.29 is 97.8 Å². The van der Waals surface area contributed by atoms with Crippen molar-refractivity contribution in [1.82, 2.24) is 53.2 Å². The van der Waals surface area contributed by atoms with Crippen LogP contribution in [0.4, 0.5) is 0 Å². The van der Waals surface area contributed by atoms with Crippen molar-refractivity contribution in [3.8, 4) is 5.75 Å². The summed E-state index contributed by atoms with van der Waals surface area (Å²) in [5.41, 5.74) is 22.8. The van der Waals surface area contributed by atoms with Crippen LogP contribution in [0.15, 0.2) is 24.3 Å². The highest BCUT2D eigenvalue weighted by Crippen LogP contribution is 2.15. The van der Waals surface area contributed by atoms with Gasteiger partial charge in [-0.1, -0.05) is 39.8 Å². The van der Waals surface area contributed by atoms with Crippen LogP contribution in [0.5, 0.6) is 5.75 Å². The summed E-state index contributed by atoms with van der Waals surface area (Å²) in [6.07, 6.45) is -6.60. The lowest BCUT2D eigenvalue weighted by Gasteiger charge is -2.29. The summed E-state index contributed by atoms with van der Waals surface area (Å²) in [5.74, 6) is -16.8. The maximum Gasteiger partial charge on any atom is 0.328 e. The molecule has 0 aliphatic rings. The molecule has 0 saturated carbocycles. The highest BCUT2D eigenvalue weighted by molar-refractivity contribution is 6.00. The average Bonchev–Trinajstić information content (AvgIpc) is 1.05. The van der Waals surface area contributed by atoms with Crippen LogP contribution in [0.25, 0.3) is 0 Å². The van der Waals surface area contributed by atoms with Crippen LogP contribution in [0.1, 0.15) is 138 Å². The van der Waals surface area contributed by atoms with Gasteiger partial charge in [0.15, 0.2) is 6.04 Å². The van der Waals surface area contributed by atoms with Crippen molar-refractivity contribution in [1.29, 1.82) is 0 Å². The molecular formula is C58H96N14O20. The number of nitrogens with one attached hydrogen (secondary N) is 10. The van der Waals surface area contributed by atoms with E-state index in [2.05, 4.69) is 47.9 Å². The second kappa shape index (κ2) is 41.7. The Bertz CT molecular complexity index is 2660. The third-order valence-electron chi connectivity index (χ3n) is 14.0. The van der Waals surface area contributed by atoms with E-state index in [-0.39, 0.29) is 74.8 Å². The number of aliphatic hydroxyl groups is 2. The summed E-state index contributed by atoms with van der Waals surface area (Å²) in [6, 6.07) is -12.5. The number of primary amides is 1. The number of aliphatic carboxylic acids is 3. The zero-order valence-electron chi connectivity index (χ0n) is 53.0. The van der Waals surface area contributed by atoms with E-state index >= 15 is 0 Å². The standard InChI is InChI=1S/C58H96N14O20/c1-28(2)24-39(67-48(81)30(5)61)53(86)65-37(18-20-44(77)78)51(84)64-38(19-21-45(79)80)52(85)69-41(26-33-14-16-34(75)17-15-33)55(88)71-46(31(6)73)57(90)66-36(13-9-11-23-60)49(82)63-35(12-8-10-22-59)50(83)68-40(25-29(3)4)54(87)70-42(27-43(62)76)56(89)72-47(32(7)74)58(91)92/h14-17,28-32,35-42,46-47,73-75H,8-13,18-27,59-61H2,1-7H3,(H2,62,76)(H,63,82)(H,64,84)(H,65,86)(H,66,90)(H,67,81)(H,68,83)(H,69,85)(H,70,87)(H,71,88)(H,72,89)(H,77,78)(H,79,80)(H,91,92)/t30-,31+,32+,35-,36-,37-,38-,39-,40-,41-,42-,46-,47-/m0/s1. The van der Waals surface area contributed by atoms with E-state index in [0.29, 0.717) is 12.8 Å². The number of nitrogens with two attached hydrogens (primary N) is 4. The van der Waals surface area contributed by atoms with Gasteiger partial charge < -0.3 is 107 Å². The molecule has 0 radical (unpaired) electrons. The van der Waals surface area contributed by atoms with Crippen molar-refractivity contribution >= 4 is 82.9 Å². The molecule has 0 aliphatic heterocycles. The Balaban J connectivity index is 3.76. The van der Waals surface area contributed by atoms with Crippen molar-refractivity contribution in [3.63, 3.8) is 0 Å². The average molecular weight is 1310 g/mol. The third-order valence-corrected chi connectivity index (χ3v) is 14.0. The van der Waals surface area contributed by atoms with Crippen molar-refractivity contribution in [2.24, 2.45) is 34.8 Å². The summed E-state index contributed by atoms with van der Waals surface area (Å²) in [4.78, 5) is 186. The maximum atomic E-state index is 14.5. The van der Waals surface area contributed by atoms with Gasteiger partial charge in [-0.05, 0) is 128 Å². The highest BCUT2D eigenvalue weighted by Gasteiger charge is 2.38. The molecule has 0 bridgehead atoms. The van der Waals surface area contributed by atoms with Crippen LogP contribution in [0.2, 0.25) is 0 Å². The number of hydrogen-bond acceptors (Lipinski definition) is 20. The molecule has 13 atom stereocenters. The van der Waals surface area contributed by atoms with E-state index in [1.165, 1.54) is 31.2 Å². The number of unbranched alkanes of at least 4 members (excludes halogenated alkanes) is 2. The Morgan fingerprint density at radius 3 is 1.10 bits per heavy atom. The topological polar surface area (TPSA) is 585 Å². The minimum absolute atomic E-state index is 0.0427. The molecule has 0 saturated heterocycles. The molecule has 0 heterocycles. The lowest BCUT2D eigenvalue weighted by atomic mass is 10.0. The lowest BCUT2D eigenvalue weighted by Crippen LogP contribution is -2.62. The molecule has 0 fully saturated rings. The monoisotopic (exact) mass is 1310 g/mol. The van der Waals surface area contributed by atoms with Crippen LogP contribution < -0.4 is 76.1 Å². The highest BCUT2D eigenvalue weighted by atomic mass is 16.4. The largest absolute Gasteiger partial charge is 0.508 e. The summed E-state index contributed by atoms with van der Waals surface area (Å²) in [6.45, 7) is 10.7. The normalized spacial score (nSPS) is 15.5. The molecule has 24 N–H and O–H groups in total. The molecule has 1 aromatic carbocycles. The first-order valence-corrected chi connectivity index (χ1v) is 30.3.